The molecule has 0 amide bonds. The first-order valence-electron chi connectivity index (χ1n) is 3.75. The van der Waals surface area contributed by atoms with Gasteiger partial charge in [0, 0.05) is 0 Å². The second-order valence-corrected chi connectivity index (χ2v) is 3.60. The van der Waals surface area contributed by atoms with Crippen LogP contribution in [0.1, 0.15) is 12.8 Å². The van der Waals surface area contributed by atoms with E-state index in [1.165, 1.54) is 0 Å². The van der Waals surface area contributed by atoms with Crippen molar-refractivity contribution < 1.29 is 4.74 Å². The van der Waals surface area contributed by atoms with E-state index in [1.54, 1.807) is 0 Å². The molecule has 1 fully saturated rings. The summed E-state index contributed by atoms with van der Waals surface area (Å²) in [7, 11) is 0. The average Bonchev–Trinajstić information content (AvgIpc) is 1.99. The first-order chi connectivity index (χ1) is 5.23. The molecule has 1 heterocycles. The largest absolute Gasteiger partial charge is 0.374 e. The van der Waals surface area contributed by atoms with Gasteiger partial charge in [0.05, 0.1) is 17.6 Å². The van der Waals surface area contributed by atoms with Crippen LogP contribution in [-0.2, 0) is 4.74 Å². The van der Waals surface area contributed by atoms with Crippen LogP contribution in [0.15, 0.2) is 25.3 Å². The SMILES string of the molecule is C=CCC1OCC1(Cl)CC=C. The third-order valence-corrected chi connectivity index (χ3v) is 2.47. The molecule has 2 atom stereocenters. The van der Waals surface area contributed by atoms with Gasteiger partial charge >= 0.3 is 0 Å². The zero-order valence-electron chi connectivity index (χ0n) is 6.55. The van der Waals surface area contributed by atoms with Gasteiger partial charge in [-0.2, -0.15) is 0 Å². The normalized spacial score (nSPS) is 35.9. The van der Waals surface area contributed by atoms with Crippen molar-refractivity contribution in [1.82, 2.24) is 0 Å². The molecule has 2 unspecified atom stereocenters. The van der Waals surface area contributed by atoms with Gasteiger partial charge in [0.25, 0.3) is 0 Å². The van der Waals surface area contributed by atoms with Gasteiger partial charge in [-0.1, -0.05) is 12.2 Å². The van der Waals surface area contributed by atoms with Crippen LogP contribution in [0.25, 0.3) is 0 Å². The van der Waals surface area contributed by atoms with Gasteiger partial charge in [-0.3, -0.25) is 0 Å². The molecule has 1 rings (SSSR count). The maximum atomic E-state index is 6.21. The van der Waals surface area contributed by atoms with Gasteiger partial charge in [0.1, 0.15) is 0 Å². The zero-order chi connectivity index (χ0) is 8.32. The molecule has 0 saturated carbocycles. The molecular formula is C9H13ClO. The summed E-state index contributed by atoms with van der Waals surface area (Å²) in [6.45, 7) is 7.94. The van der Waals surface area contributed by atoms with Crippen molar-refractivity contribution in [2.24, 2.45) is 0 Å². The van der Waals surface area contributed by atoms with Gasteiger partial charge in [0.2, 0.25) is 0 Å². The highest BCUT2D eigenvalue weighted by molar-refractivity contribution is 6.25. The topological polar surface area (TPSA) is 9.23 Å². The number of ether oxygens (including phenoxy) is 1. The summed E-state index contributed by atoms with van der Waals surface area (Å²) < 4.78 is 5.29. The summed E-state index contributed by atoms with van der Waals surface area (Å²) in [5.74, 6) is 0. The molecule has 1 nitrogen and oxygen atoms in total. The number of rotatable bonds is 4. The van der Waals surface area contributed by atoms with Crippen molar-refractivity contribution in [2.75, 3.05) is 6.61 Å². The predicted molar refractivity (Wildman–Crippen MR) is 48.0 cm³/mol. The number of halogens is 1. The molecule has 0 aromatic rings. The van der Waals surface area contributed by atoms with E-state index in [0.29, 0.717) is 6.61 Å². The van der Waals surface area contributed by atoms with Crippen molar-refractivity contribution in [3.63, 3.8) is 0 Å². The number of hydrogen-bond acceptors (Lipinski definition) is 1. The molecule has 0 aromatic carbocycles. The van der Waals surface area contributed by atoms with Crippen LogP contribution in [0.3, 0.4) is 0 Å². The van der Waals surface area contributed by atoms with Crippen LogP contribution < -0.4 is 0 Å². The van der Waals surface area contributed by atoms with E-state index in [4.69, 9.17) is 16.3 Å². The van der Waals surface area contributed by atoms with E-state index in [0.717, 1.165) is 12.8 Å². The Bertz CT molecular complexity index is 167. The van der Waals surface area contributed by atoms with Gasteiger partial charge in [0.15, 0.2) is 0 Å². The molecule has 2 heteroatoms. The lowest BCUT2D eigenvalue weighted by molar-refractivity contribution is -0.0916. The number of hydrogen-bond donors (Lipinski definition) is 0. The van der Waals surface area contributed by atoms with Crippen molar-refractivity contribution >= 4 is 11.6 Å². The molecule has 0 aliphatic carbocycles. The Morgan fingerprint density at radius 1 is 1.55 bits per heavy atom. The molecule has 0 bridgehead atoms. The van der Waals surface area contributed by atoms with E-state index >= 15 is 0 Å². The maximum Gasteiger partial charge on any atom is 0.0976 e. The second kappa shape index (κ2) is 3.42. The van der Waals surface area contributed by atoms with Crippen molar-refractivity contribution in [1.29, 1.82) is 0 Å². The van der Waals surface area contributed by atoms with Crippen LogP contribution in [-0.4, -0.2) is 17.6 Å². The Labute approximate surface area is 72.7 Å². The van der Waals surface area contributed by atoms with Crippen LogP contribution in [0.4, 0.5) is 0 Å². The third-order valence-electron chi connectivity index (χ3n) is 1.97. The Morgan fingerprint density at radius 2 is 2.27 bits per heavy atom. The van der Waals surface area contributed by atoms with Crippen LogP contribution in [0, 0.1) is 0 Å². The fourth-order valence-electron chi connectivity index (χ4n) is 1.24. The summed E-state index contributed by atoms with van der Waals surface area (Å²) in [6, 6.07) is 0. The number of alkyl halides is 1. The summed E-state index contributed by atoms with van der Waals surface area (Å²) >= 11 is 6.21. The second-order valence-electron chi connectivity index (χ2n) is 2.85. The van der Waals surface area contributed by atoms with E-state index in [9.17, 15) is 0 Å². The number of allylic oxidation sites excluding steroid dienone is 1. The summed E-state index contributed by atoms with van der Waals surface area (Å²) in [4.78, 5) is -0.198. The minimum atomic E-state index is -0.198. The van der Waals surface area contributed by atoms with Crippen molar-refractivity contribution in [3.05, 3.63) is 25.3 Å². The lowest BCUT2D eigenvalue weighted by atomic mass is 9.91. The van der Waals surface area contributed by atoms with Crippen LogP contribution >= 0.6 is 11.6 Å². The molecule has 1 saturated heterocycles. The Morgan fingerprint density at radius 3 is 2.64 bits per heavy atom. The standard InChI is InChI=1S/C9H13ClO/c1-3-5-8-9(10,6-4-2)7-11-8/h3-4,8H,1-2,5-7H2. The Hall–Kier alpha value is -0.270. The van der Waals surface area contributed by atoms with Gasteiger partial charge in [-0.15, -0.1) is 24.8 Å². The summed E-state index contributed by atoms with van der Waals surface area (Å²) in [5.41, 5.74) is 0. The van der Waals surface area contributed by atoms with E-state index in [-0.39, 0.29) is 11.0 Å². The van der Waals surface area contributed by atoms with Crippen LogP contribution in [0.5, 0.6) is 0 Å². The molecule has 1 aliphatic heterocycles. The van der Waals surface area contributed by atoms with Crippen molar-refractivity contribution in [3.8, 4) is 0 Å². The van der Waals surface area contributed by atoms with Gasteiger partial charge in [-0.05, 0) is 12.8 Å². The Balaban J connectivity index is 2.44. The molecule has 1 aliphatic rings. The molecular weight excluding hydrogens is 160 g/mol. The molecule has 0 spiro atoms. The van der Waals surface area contributed by atoms with Crippen molar-refractivity contribution in [2.45, 2.75) is 23.8 Å². The van der Waals surface area contributed by atoms with Gasteiger partial charge in [-0.25, -0.2) is 0 Å². The highest BCUT2D eigenvalue weighted by atomic mass is 35.5. The van der Waals surface area contributed by atoms with E-state index < -0.39 is 0 Å². The minimum Gasteiger partial charge on any atom is -0.374 e. The first kappa shape index (κ1) is 8.82. The smallest absolute Gasteiger partial charge is 0.0976 e. The summed E-state index contributed by atoms with van der Waals surface area (Å²) in [5, 5.41) is 0. The fourth-order valence-corrected chi connectivity index (χ4v) is 1.57. The zero-order valence-corrected chi connectivity index (χ0v) is 7.31. The minimum absolute atomic E-state index is 0.139. The third kappa shape index (κ3) is 1.66. The molecule has 62 valence electrons. The van der Waals surface area contributed by atoms with E-state index in [2.05, 4.69) is 13.2 Å². The highest BCUT2D eigenvalue weighted by Crippen LogP contribution is 2.38. The van der Waals surface area contributed by atoms with Crippen LogP contribution in [0.2, 0.25) is 0 Å². The molecule has 11 heavy (non-hydrogen) atoms. The average molecular weight is 173 g/mol. The molecule has 0 radical (unpaired) electrons. The molecule has 0 N–H and O–H groups in total. The van der Waals surface area contributed by atoms with Gasteiger partial charge < -0.3 is 4.74 Å². The predicted octanol–water partition coefficient (Wildman–Crippen LogP) is 2.52. The lowest BCUT2D eigenvalue weighted by Gasteiger charge is -2.43. The fraction of sp³-hybridized carbons (Fsp3) is 0.556. The maximum absolute atomic E-state index is 6.21. The summed E-state index contributed by atoms with van der Waals surface area (Å²) in [6.07, 6.45) is 5.46. The molecule has 0 aromatic heterocycles. The monoisotopic (exact) mass is 172 g/mol. The lowest BCUT2D eigenvalue weighted by Crippen LogP contribution is -2.53. The highest BCUT2D eigenvalue weighted by Gasteiger charge is 2.44. The first-order valence-corrected chi connectivity index (χ1v) is 4.13. The quantitative estimate of drug-likeness (QED) is 0.468. The Kier molecular flexibility index (Phi) is 2.74. The van der Waals surface area contributed by atoms with E-state index in [1.807, 2.05) is 12.2 Å².